The van der Waals surface area contributed by atoms with E-state index in [2.05, 4.69) is 17.1 Å². The lowest BCUT2D eigenvalue weighted by atomic mass is 10.1. The fourth-order valence-corrected chi connectivity index (χ4v) is 3.84. The van der Waals surface area contributed by atoms with Crippen molar-refractivity contribution in [2.45, 2.75) is 51.7 Å². The van der Waals surface area contributed by atoms with Gasteiger partial charge in [-0.25, -0.2) is 4.79 Å². The van der Waals surface area contributed by atoms with E-state index in [9.17, 15) is 9.59 Å². The van der Waals surface area contributed by atoms with Crippen molar-refractivity contribution in [3.8, 4) is 0 Å². The van der Waals surface area contributed by atoms with Crippen LogP contribution in [0.5, 0.6) is 0 Å². The maximum Gasteiger partial charge on any atom is 0.322 e. The molecule has 2 unspecified atom stereocenters. The van der Waals surface area contributed by atoms with E-state index in [1.807, 2.05) is 11.8 Å². The van der Waals surface area contributed by atoms with E-state index in [0.717, 1.165) is 26.1 Å². The molecule has 2 fully saturated rings. The van der Waals surface area contributed by atoms with Crippen molar-refractivity contribution < 1.29 is 4.79 Å². The van der Waals surface area contributed by atoms with E-state index in [0.29, 0.717) is 18.3 Å². The molecule has 2 aliphatic rings. The molecule has 6 nitrogen and oxygen atoms in total. The fraction of sp³-hybridized carbons (Fsp3) is 0.647. The Morgan fingerprint density at radius 3 is 2.74 bits per heavy atom. The predicted molar refractivity (Wildman–Crippen MR) is 90.8 cm³/mol. The summed E-state index contributed by atoms with van der Waals surface area (Å²) >= 11 is 0. The Morgan fingerprint density at radius 1 is 1.30 bits per heavy atom. The van der Waals surface area contributed by atoms with Crippen LogP contribution in [-0.4, -0.2) is 52.1 Å². The molecule has 1 aromatic heterocycles. The number of hydrogen-bond acceptors (Lipinski definition) is 3. The van der Waals surface area contributed by atoms with Crippen molar-refractivity contribution in [1.82, 2.24) is 14.4 Å². The topological polar surface area (TPSA) is 57.6 Å². The first-order chi connectivity index (χ1) is 11.1. The van der Waals surface area contributed by atoms with Gasteiger partial charge in [-0.15, -0.1) is 0 Å². The molecule has 0 spiro atoms. The second-order valence-electron chi connectivity index (χ2n) is 6.48. The molecule has 0 aromatic carbocycles. The molecule has 0 saturated carbocycles. The zero-order valence-corrected chi connectivity index (χ0v) is 14.0. The molecule has 23 heavy (non-hydrogen) atoms. The van der Waals surface area contributed by atoms with Gasteiger partial charge in [0, 0.05) is 31.4 Å². The summed E-state index contributed by atoms with van der Waals surface area (Å²) in [6.45, 7) is 7.67. The largest absolute Gasteiger partial charge is 0.322 e. The summed E-state index contributed by atoms with van der Waals surface area (Å²) in [5.41, 5.74) is 0.211. The third-order valence-electron chi connectivity index (χ3n) is 5.19. The molecular formula is C17H26N4O2. The highest BCUT2D eigenvalue weighted by molar-refractivity contribution is 5.89. The number of pyridine rings is 1. The number of carbonyl (C=O) groups excluding carboxylic acids is 1. The summed E-state index contributed by atoms with van der Waals surface area (Å²) < 4.78 is 1.59. The lowest BCUT2D eigenvalue weighted by Gasteiger charge is -2.30. The third-order valence-corrected chi connectivity index (χ3v) is 5.19. The number of urea groups is 1. The van der Waals surface area contributed by atoms with E-state index < -0.39 is 0 Å². The number of aryl methyl sites for hydroxylation is 1. The van der Waals surface area contributed by atoms with Crippen LogP contribution in [-0.2, 0) is 6.54 Å². The Kier molecular flexibility index (Phi) is 4.71. The van der Waals surface area contributed by atoms with Crippen LogP contribution >= 0.6 is 0 Å². The second kappa shape index (κ2) is 6.74. The number of anilines is 1. The number of carbonyl (C=O) groups is 1. The van der Waals surface area contributed by atoms with Crippen LogP contribution in [0.4, 0.5) is 10.5 Å². The molecule has 2 atom stereocenters. The van der Waals surface area contributed by atoms with Crippen LogP contribution in [0, 0.1) is 0 Å². The predicted octanol–water partition coefficient (Wildman–Crippen LogP) is 1.96. The average Bonchev–Trinajstić information content (AvgIpc) is 3.18. The minimum atomic E-state index is -0.162. The van der Waals surface area contributed by atoms with Crippen LogP contribution in [0.25, 0.3) is 0 Å². The maximum atomic E-state index is 12.6. The van der Waals surface area contributed by atoms with Crippen molar-refractivity contribution in [2.24, 2.45) is 0 Å². The lowest BCUT2D eigenvalue weighted by molar-refractivity contribution is 0.177. The Hall–Kier alpha value is -1.82. The highest BCUT2D eigenvalue weighted by atomic mass is 16.2. The number of rotatable bonds is 3. The monoisotopic (exact) mass is 318 g/mol. The normalized spacial score (nSPS) is 25.0. The summed E-state index contributed by atoms with van der Waals surface area (Å²) in [6.07, 6.45) is 5.27. The number of hydrogen-bond donors (Lipinski definition) is 1. The average molecular weight is 318 g/mol. The Morgan fingerprint density at radius 2 is 2.04 bits per heavy atom. The second-order valence-corrected chi connectivity index (χ2v) is 6.48. The minimum Gasteiger partial charge on any atom is -0.320 e. The van der Waals surface area contributed by atoms with E-state index in [1.54, 1.807) is 22.9 Å². The number of amides is 2. The van der Waals surface area contributed by atoms with Gasteiger partial charge in [-0.2, -0.15) is 0 Å². The van der Waals surface area contributed by atoms with Gasteiger partial charge in [0.05, 0.1) is 0 Å². The quantitative estimate of drug-likeness (QED) is 0.927. The number of nitrogens with zero attached hydrogens (tertiary/aromatic N) is 3. The smallest absolute Gasteiger partial charge is 0.320 e. The van der Waals surface area contributed by atoms with Crippen LogP contribution in [0.3, 0.4) is 0 Å². The third kappa shape index (κ3) is 3.13. The first-order valence-electron chi connectivity index (χ1n) is 8.63. The van der Waals surface area contributed by atoms with Gasteiger partial charge in [0.25, 0.3) is 5.56 Å². The van der Waals surface area contributed by atoms with Crippen molar-refractivity contribution in [1.29, 1.82) is 0 Å². The van der Waals surface area contributed by atoms with Crippen LogP contribution in [0.15, 0.2) is 23.1 Å². The molecule has 1 aromatic rings. The van der Waals surface area contributed by atoms with Gasteiger partial charge in [0.1, 0.15) is 5.69 Å². The molecule has 3 rings (SSSR count). The zero-order chi connectivity index (χ0) is 16.4. The van der Waals surface area contributed by atoms with E-state index in [-0.39, 0.29) is 17.6 Å². The van der Waals surface area contributed by atoms with E-state index in [4.69, 9.17) is 0 Å². The molecule has 0 radical (unpaired) electrons. The number of likely N-dealkylation sites (tertiary alicyclic amines) is 2. The molecule has 0 aliphatic carbocycles. The Labute approximate surface area is 137 Å². The van der Waals surface area contributed by atoms with Crippen molar-refractivity contribution >= 4 is 11.7 Å². The summed E-state index contributed by atoms with van der Waals surface area (Å²) in [6, 6.07) is 3.94. The summed E-state index contributed by atoms with van der Waals surface area (Å²) in [5, 5.41) is 2.80. The highest BCUT2D eigenvalue weighted by Gasteiger charge is 2.38. The van der Waals surface area contributed by atoms with Crippen LogP contribution in [0.2, 0.25) is 0 Å². The molecule has 1 N–H and O–H groups in total. The van der Waals surface area contributed by atoms with Gasteiger partial charge in [0.2, 0.25) is 0 Å². The van der Waals surface area contributed by atoms with Gasteiger partial charge in [-0.3, -0.25) is 9.69 Å². The van der Waals surface area contributed by atoms with Gasteiger partial charge < -0.3 is 14.8 Å². The summed E-state index contributed by atoms with van der Waals surface area (Å²) in [5.74, 6) is 0. The van der Waals surface area contributed by atoms with Gasteiger partial charge in [-0.1, -0.05) is 0 Å². The van der Waals surface area contributed by atoms with E-state index >= 15 is 0 Å². The standard InChI is InChI=1S/C17H26N4O2/c1-3-19-11-6-7-14(16(19)22)18-17(23)21-12-8-15(13(21)2)20-9-4-5-10-20/h6-7,11,13,15H,3-5,8-10,12H2,1-2H3,(H,18,23). The zero-order valence-electron chi connectivity index (χ0n) is 14.0. The van der Waals surface area contributed by atoms with Crippen molar-refractivity contribution in [2.75, 3.05) is 25.0 Å². The fourth-order valence-electron chi connectivity index (χ4n) is 3.84. The first-order valence-corrected chi connectivity index (χ1v) is 8.63. The molecule has 126 valence electrons. The van der Waals surface area contributed by atoms with Crippen LogP contribution in [0.1, 0.15) is 33.1 Å². The lowest BCUT2D eigenvalue weighted by Crippen LogP contribution is -2.46. The molecule has 2 aliphatic heterocycles. The first kappa shape index (κ1) is 16.1. The number of nitrogens with one attached hydrogen (secondary N) is 1. The number of aromatic nitrogens is 1. The van der Waals surface area contributed by atoms with Gasteiger partial charge in [-0.05, 0) is 58.3 Å². The molecule has 3 heterocycles. The molecule has 2 saturated heterocycles. The molecular weight excluding hydrogens is 292 g/mol. The Balaban J connectivity index is 1.68. The molecule has 0 bridgehead atoms. The van der Waals surface area contributed by atoms with Crippen LogP contribution < -0.4 is 10.9 Å². The van der Waals surface area contributed by atoms with E-state index in [1.165, 1.54) is 12.8 Å². The molecule has 2 amide bonds. The van der Waals surface area contributed by atoms with Crippen molar-refractivity contribution in [3.63, 3.8) is 0 Å². The Bertz CT molecular complexity index is 621. The van der Waals surface area contributed by atoms with Gasteiger partial charge >= 0.3 is 6.03 Å². The molecule has 6 heteroatoms. The van der Waals surface area contributed by atoms with Crippen molar-refractivity contribution in [3.05, 3.63) is 28.7 Å². The minimum absolute atomic E-state index is 0.147. The van der Waals surface area contributed by atoms with Gasteiger partial charge in [0.15, 0.2) is 0 Å². The highest BCUT2D eigenvalue weighted by Crippen LogP contribution is 2.26. The SMILES string of the molecule is CCn1cccc(NC(=O)N2CCC(N3CCCC3)C2C)c1=O. The maximum absolute atomic E-state index is 12.6. The summed E-state index contributed by atoms with van der Waals surface area (Å²) in [4.78, 5) is 29.2. The summed E-state index contributed by atoms with van der Waals surface area (Å²) in [7, 11) is 0.